The Morgan fingerprint density at radius 2 is 1.46 bits per heavy atom. The Kier molecular flexibility index (Phi) is 5.87. The lowest BCUT2D eigenvalue weighted by molar-refractivity contribution is 0.0501. The second-order valence-electron chi connectivity index (χ2n) is 7.49. The molecule has 3 aromatic carbocycles. The van der Waals surface area contributed by atoms with Crippen molar-refractivity contribution in [1.82, 2.24) is 0 Å². The lowest BCUT2D eigenvalue weighted by Gasteiger charge is -2.41. The van der Waals surface area contributed by atoms with Crippen LogP contribution in [0.15, 0.2) is 89.4 Å². The van der Waals surface area contributed by atoms with E-state index in [1.807, 2.05) is 66.7 Å². The van der Waals surface area contributed by atoms with Crippen molar-refractivity contribution in [3.8, 4) is 0 Å². The van der Waals surface area contributed by atoms with E-state index in [9.17, 15) is 4.57 Å². The Hall–Kier alpha value is -1.67. The summed E-state index contributed by atoms with van der Waals surface area (Å²) < 4.78 is 21.9. The highest BCUT2D eigenvalue weighted by Gasteiger charge is 2.46. The summed E-state index contributed by atoms with van der Waals surface area (Å²) in [5.41, 5.74) is 1.12. The second-order valence-corrected chi connectivity index (χ2v) is 11.4. The van der Waals surface area contributed by atoms with Crippen LogP contribution in [0.4, 0.5) is 0 Å². The van der Waals surface area contributed by atoms with E-state index in [0.29, 0.717) is 13.2 Å². The number of benzene rings is 3. The molecule has 1 aliphatic rings. The van der Waals surface area contributed by atoms with Gasteiger partial charge in [-0.05, 0) is 23.6 Å². The molecule has 0 aromatic heterocycles. The van der Waals surface area contributed by atoms with Crippen LogP contribution in [0.2, 0.25) is 0 Å². The van der Waals surface area contributed by atoms with Gasteiger partial charge in [-0.1, -0.05) is 95.7 Å². The molecule has 28 heavy (non-hydrogen) atoms. The first-order valence-electron chi connectivity index (χ1n) is 9.65. The van der Waals surface area contributed by atoms with Crippen LogP contribution < -0.4 is 10.6 Å². The zero-order chi connectivity index (χ0) is 19.6. The van der Waals surface area contributed by atoms with Gasteiger partial charge in [-0.3, -0.25) is 0 Å². The molecule has 3 atom stereocenters. The van der Waals surface area contributed by atoms with Gasteiger partial charge in [0.25, 0.3) is 0 Å². The van der Waals surface area contributed by atoms with E-state index in [1.54, 1.807) is 0 Å². The van der Waals surface area contributed by atoms with Crippen LogP contribution >= 0.6 is 23.1 Å². The molecule has 4 heteroatoms. The minimum atomic E-state index is -2.91. The minimum absolute atomic E-state index is 0.102. The third-order valence-electron chi connectivity index (χ3n) is 5.68. The molecule has 0 spiro atoms. The van der Waals surface area contributed by atoms with Gasteiger partial charge in [0.2, 0.25) is 0 Å². The largest absolute Gasteiger partial charge is 0.380 e. The maximum absolute atomic E-state index is 14.9. The van der Waals surface area contributed by atoms with Gasteiger partial charge < -0.3 is 9.30 Å². The van der Waals surface area contributed by atoms with E-state index in [2.05, 4.69) is 41.1 Å². The second kappa shape index (κ2) is 8.37. The van der Waals surface area contributed by atoms with E-state index < -0.39 is 7.14 Å². The molecule has 0 amide bonds. The summed E-state index contributed by atoms with van der Waals surface area (Å²) in [7, 11) is -2.91. The van der Waals surface area contributed by atoms with Gasteiger partial charge in [0.1, 0.15) is 7.14 Å². The zero-order valence-corrected chi connectivity index (χ0v) is 18.4. The minimum Gasteiger partial charge on any atom is -0.380 e. The topological polar surface area (TPSA) is 26.3 Å². The van der Waals surface area contributed by atoms with Crippen molar-refractivity contribution in [3.05, 3.63) is 95.0 Å². The van der Waals surface area contributed by atoms with Gasteiger partial charge in [-0.2, -0.15) is 0 Å². The molecular formula is C24H24BrO2P. The van der Waals surface area contributed by atoms with Crippen molar-refractivity contribution in [2.45, 2.75) is 18.5 Å². The van der Waals surface area contributed by atoms with Gasteiger partial charge in [0, 0.05) is 27.6 Å². The number of ether oxygens (including phenoxy) is 1. The van der Waals surface area contributed by atoms with E-state index in [4.69, 9.17) is 4.74 Å². The molecular weight excluding hydrogens is 431 g/mol. The van der Waals surface area contributed by atoms with Gasteiger partial charge in [-0.15, -0.1) is 0 Å². The summed E-state index contributed by atoms with van der Waals surface area (Å²) in [6.07, 6.45) is 0. The first kappa shape index (κ1) is 19.6. The van der Waals surface area contributed by atoms with Crippen molar-refractivity contribution >= 4 is 33.7 Å². The molecule has 0 radical (unpaired) electrons. The molecule has 1 saturated heterocycles. The van der Waals surface area contributed by atoms with Crippen molar-refractivity contribution < 1.29 is 9.30 Å². The highest BCUT2D eigenvalue weighted by atomic mass is 79.9. The van der Waals surface area contributed by atoms with Gasteiger partial charge in [-0.25, -0.2) is 0 Å². The lowest BCUT2D eigenvalue weighted by atomic mass is 9.83. The Morgan fingerprint density at radius 1 is 0.857 bits per heavy atom. The zero-order valence-electron chi connectivity index (χ0n) is 15.9. The molecule has 3 aromatic rings. The van der Waals surface area contributed by atoms with Crippen LogP contribution in [0.25, 0.3) is 0 Å². The molecule has 4 rings (SSSR count). The summed E-state index contributed by atoms with van der Waals surface area (Å²) in [6, 6.07) is 28.3. The number of hydrogen-bond acceptors (Lipinski definition) is 2. The maximum atomic E-state index is 14.9. The van der Waals surface area contributed by atoms with Crippen LogP contribution in [0.1, 0.15) is 18.4 Å². The van der Waals surface area contributed by atoms with Gasteiger partial charge in [0.05, 0.1) is 12.3 Å². The molecule has 1 heterocycles. The molecule has 1 aliphatic heterocycles. The first-order chi connectivity index (χ1) is 13.6. The third-order valence-corrected chi connectivity index (χ3v) is 9.71. The van der Waals surface area contributed by atoms with E-state index in [-0.39, 0.29) is 17.5 Å². The Labute approximate surface area is 175 Å². The Bertz CT molecular complexity index is 931. The van der Waals surface area contributed by atoms with E-state index in [0.717, 1.165) is 15.1 Å². The van der Waals surface area contributed by atoms with Crippen LogP contribution in [0.3, 0.4) is 0 Å². The van der Waals surface area contributed by atoms with Crippen LogP contribution in [-0.4, -0.2) is 18.9 Å². The fraction of sp³-hybridized carbons (Fsp3) is 0.250. The first-order valence-corrected chi connectivity index (χ1v) is 12.2. The summed E-state index contributed by atoms with van der Waals surface area (Å²) in [5.74, 6) is 0.450. The quantitative estimate of drug-likeness (QED) is 0.480. The fourth-order valence-corrected chi connectivity index (χ4v) is 8.33. The predicted octanol–water partition coefficient (Wildman–Crippen LogP) is 5.58. The SMILES string of the molecule is CC1COCC(P(=O)(c2ccccc2)c2ccccc2)C1c1cccc(Br)c1. The maximum Gasteiger partial charge on any atom is 0.149 e. The van der Waals surface area contributed by atoms with Gasteiger partial charge >= 0.3 is 0 Å². The van der Waals surface area contributed by atoms with Crippen molar-refractivity contribution in [3.63, 3.8) is 0 Å². The van der Waals surface area contributed by atoms with Crippen LogP contribution in [-0.2, 0) is 9.30 Å². The lowest BCUT2D eigenvalue weighted by Crippen LogP contribution is -2.41. The van der Waals surface area contributed by atoms with Crippen molar-refractivity contribution in [1.29, 1.82) is 0 Å². The molecule has 0 saturated carbocycles. The highest BCUT2D eigenvalue weighted by Crippen LogP contribution is 2.56. The predicted molar refractivity (Wildman–Crippen MR) is 120 cm³/mol. The van der Waals surface area contributed by atoms with Gasteiger partial charge in [0.15, 0.2) is 0 Å². The Morgan fingerprint density at radius 3 is 2.04 bits per heavy atom. The average Bonchev–Trinajstić information content (AvgIpc) is 2.74. The highest BCUT2D eigenvalue weighted by molar-refractivity contribution is 9.10. The van der Waals surface area contributed by atoms with Crippen LogP contribution in [0.5, 0.6) is 0 Å². The molecule has 1 fully saturated rings. The Balaban J connectivity index is 1.90. The molecule has 3 unspecified atom stereocenters. The monoisotopic (exact) mass is 454 g/mol. The third kappa shape index (κ3) is 3.64. The smallest absolute Gasteiger partial charge is 0.149 e. The van der Waals surface area contributed by atoms with Crippen molar-refractivity contribution in [2.24, 2.45) is 5.92 Å². The fourth-order valence-electron chi connectivity index (χ4n) is 4.39. The standard InChI is InChI=1S/C24H24BrO2P/c1-18-16-27-17-23(24(18)19-9-8-10-20(25)15-19)28(26,21-11-4-2-5-12-21)22-13-6-3-7-14-22/h2-15,18,23-24H,16-17H2,1H3. The number of hydrogen-bond donors (Lipinski definition) is 0. The average molecular weight is 455 g/mol. The molecule has 144 valence electrons. The van der Waals surface area contributed by atoms with Crippen LogP contribution in [0, 0.1) is 5.92 Å². The number of rotatable bonds is 4. The van der Waals surface area contributed by atoms with E-state index in [1.165, 1.54) is 5.56 Å². The van der Waals surface area contributed by atoms with Crippen molar-refractivity contribution in [2.75, 3.05) is 13.2 Å². The molecule has 0 aliphatic carbocycles. The summed E-state index contributed by atoms with van der Waals surface area (Å²) in [5, 5.41) is 1.81. The molecule has 0 N–H and O–H groups in total. The summed E-state index contributed by atoms with van der Waals surface area (Å²) in [6.45, 7) is 3.40. The summed E-state index contributed by atoms with van der Waals surface area (Å²) in [4.78, 5) is 0. The molecule has 0 bridgehead atoms. The summed E-state index contributed by atoms with van der Waals surface area (Å²) >= 11 is 3.61. The van der Waals surface area contributed by atoms with E-state index >= 15 is 0 Å². The normalized spacial score (nSPS) is 22.7. The molecule has 2 nitrogen and oxygen atoms in total. The number of halogens is 1.